The Kier molecular flexibility index (Phi) is 4.72. The van der Waals surface area contributed by atoms with E-state index in [0.717, 1.165) is 17.1 Å². The number of thioether (sulfide) groups is 1. The van der Waals surface area contributed by atoms with E-state index in [0.29, 0.717) is 17.5 Å². The average molecular weight is 371 g/mol. The van der Waals surface area contributed by atoms with Crippen LogP contribution in [0.1, 0.15) is 5.56 Å². The number of amidine groups is 1. The van der Waals surface area contributed by atoms with Gasteiger partial charge in [0.1, 0.15) is 12.4 Å². The molecule has 2 aliphatic heterocycles. The summed E-state index contributed by atoms with van der Waals surface area (Å²) >= 11 is 7.62. The van der Waals surface area contributed by atoms with Crippen LogP contribution in [-0.4, -0.2) is 22.0 Å². The highest BCUT2D eigenvalue weighted by atomic mass is 35.5. The smallest absolute Gasteiger partial charge is 0.221 e. The fourth-order valence-corrected chi connectivity index (χ4v) is 3.78. The Bertz CT molecular complexity index is 836. The molecule has 0 radical (unpaired) electrons. The molecule has 0 bridgehead atoms. The molecular formula is C18H15ClN4OS. The number of ether oxygens (including phenoxy) is 1. The topological polar surface area (TPSA) is 58.9 Å². The van der Waals surface area contributed by atoms with Crippen molar-refractivity contribution in [3.05, 3.63) is 70.9 Å². The van der Waals surface area contributed by atoms with Crippen LogP contribution in [0.2, 0.25) is 5.02 Å². The van der Waals surface area contributed by atoms with Crippen molar-refractivity contribution in [2.24, 2.45) is 16.0 Å². The van der Waals surface area contributed by atoms with E-state index in [-0.39, 0.29) is 11.2 Å². The van der Waals surface area contributed by atoms with E-state index in [1.54, 1.807) is 24.2 Å². The number of hydrogen-bond donors (Lipinski definition) is 1. The molecule has 1 aromatic carbocycles. The van der Waals surface area contributed by atoms with Crippen LogP contribution in [0, 0.1) is 5.92 Å². The van der Waals surface area contributed by atoms with Crippen LogP contribution < -0.4 is 5.43 Å². The number of aliphatic imine (C=N–C) groups is 1. The van der Waals surface area contributed by atoms with Crippen molar-refractivity contribution < 1.29 is 4.74 Å². The summed E-state index contributed by atoms with van der Waals surface area (Å²) in [6.45, 7) is 0.469. The van der Waals surface area contributed by atoms with Gasteiger partial charge >= 0.3 is 0 Å². The maximum absolute atomic E-state index is 5.93. The largest absolute Gasteiger partial charge is 0.474 e. The number of benzene rings is 1. The monoisotopic (exact) mass is 370 g/mol. The van der Waals surface area contributed by atoms with Crippen molar-refractivity contribution in [3.63, 3.8) is 0 Å². The zero-order chi connectivity index (χ0) is 17.1. The molecule has 0 saturated carbocycles. The lowest BCUT2D eigenvalue weighted by atomic mass is 10.0. The fraction of sp³-hybridized carbons (Fsp3) is 0.167. The average Bonchev–Trinajstić information content (AvgIpc) is 3.14. The molecule has 2 aliphatic rings. The second kappa shape index (κ2) is 7.29. The number of nitrogens with one attached hydrogen (secondary N) is 1. The van der Waals surface area contributed by atoms with E-state index in [2.05, 4.69) is 32.0 Å². The summed E-state index contributed by atoms with van der Waals surface area (Å²) in [5.74, 6) is 1.61. The molecule has 1 N–H and O–H groups in total. The van der Waals surface area contributed by atoms with Crippen molar-refractivity contribution in [1.29, 1.82) is 0 Å². The molecule has 0 spiro atoms. The van der Waals surface area contributed by atoms with Crippen LogP contribution >= 0.6 is 23.4 Å². The predicted molar refractivity (Wildman–Crippen MR) is 102 cm³/mol. The van der Waals surface area contributed by atoms with E-state index < -0.39 is 0 Å². The first-order valence-corrected chi connectivity index (χ1v) is 9.13. The number of nitrogens with zero attached hydrogens (tertiary/aromatic N) is 3. The Morgan fingerprint density at radius 2 is 1.96 bits per heavy atom. The lowest BCUT2D eigenvalue weighted by Crippen LogP contribution is -2.42. The highest BCUT2D eigenvalue weighted by Gasteiger charge is 2.37. The Balaban J connectivity index is 1.51. The number of hydrogen-bond acceptors (Lipinski definition) is 5. The van der Waals surface area contributed by atoms with E-state index >= 15 is 0 Å². The van der Waals surface area contributed by atoms with Crippen LogP contribution in [0.25, 0.3) is 0 Å². The van der Waals surface area contributed by atoms with Crippen LogP contribution in [0.15, 0.2) is 70.4 Å². The first kappa shape index (κ1) is 16.2. The number of halogens is 1. The summed E-state index contributed by atoms with van der Waals surface area (Å²) in [7, 11) is 0. The summed E-state index contributed by atoms with van der Waals surface area (Å²) < 4.78 is 5.92. The van der Waals surface area contributed by atoms with Gasteiger partial charge in [-0.15, -0.1) is 16.9 Å². The minimum atomic E-state index is 0.106. The third-order valence-electron chi connectivity index (χ3n) is 3.89. The zero-order valence-corrected chi connectivity index (χ0v) is 14.7. The number of aromatic nitrogens is 1. The normalized spacial score (nSPS) is 23.1. The third-order valence-corrected chi connectivity index (χ3v) is 5.24. The quantitative estimate of drug-likeness (QED) is 0.881. The summed E-state index contributed by atoms with van der Waals surface area (Å²) in [6.07, 6.45) is 5.64. The van der Waals surface area contributed by atoms with Crippen molar-refractivity contribution in [1.82, 2.24) is 10.4 Å². The Morgan fingerprint density at radius 1 is 1.16 bits per heavy atom. The predicted octanol–water partition coefficient (Wildman–Crippen LogP) is 4.14. The lowest BCUT2D eigenvalue weighted by Gasteiger charge is -2.26. The highest BCUT2D eigenvalue weighted by Crippen LogP contribution is 2.34. The second-order valence-electron chi connectivity index (χ2n) is 5.59. The van der Waals surface area contributed by atoms with Gasteiger partial charge in [-0.1, -0.05) is 17.7 Å². The van der Waals surface area contributed by atoms with Gasteiger partial charge in [-0.25, -0.2) is 4.99 Å². The van der Waals surface area contributed by atoms with Gasteiger partial charge in [0.05, 0.1) is 16.9 Å². The second-order valence-corrected chi connectivity index (χ2v) is 7.08. The molecule has 1 aromatic heterocycles. The Hall–Kier alpha value is -2.31. The van der Waals surface area contributed by atoms with Crippen LogP contribution in [0.3, 0.4) is 0 Å². The van der Waals surface area contributed by atoms with Gasteiger partial charge in [0.2, 0.25) is 5.90 Å². The molecule has 0 fully saturated rings. The van der Waals surface area contributed by atoms with Gasteiger partial charge in [0.15, 0.2) is 0 Å². The molecule has 25 heavy (non-hydrogen) atoms. The number of rotatable bonds is 3. The van der Waals surface area contributed by atoms with E-state index in [4.69, 9.17) is 16.3 Å². The minimum absolute atomic E-state index is 0.106. The first-order chi connectivity index (χ1) is 12.3. The van der Waals surface area contributed by atoms with Crippen molar-refractivity contribution >= 4 is 40.8 Å². The van der Waals surface area contributed by atoms with Crippen molar-refractivity contribution in [2.45, 2.75) is 11.9 Å². The van der Waals surface area contributed by atoms with E-state index in [1.807, 2.05) is 36.4 Å². The van der Waals surface area contributed by atoms with Gasteiger partial charge < -0.3 is 4.74 Å². The SMILES string of the molecule is Clc1ccc(N=C2NN=C(OCc3ccncc3)C3SC=CC23)cc1. The van der Waals surface area contributed by atoms with Gasteiger partial charge in [-0.05, 0) is 47.4 Å². The maximum atomic E-state index is 5.93. The standard InChI is InChI=1S/C18H15ClN4OS/c19-13-1-3-14(4-2-13)21-17-15-7-10-25-16(15)18(23-22-17)24-11-12-5-8-20-9-6-12/h1-10,15-16H,11H2,(H,21,22). The molecule has 2 unspecified atom stereocenters. The molecule has 2 atom stereocenters. The molecule has 0 amide bonds. The Labute approximate surface area is 154 Å². The van der Waals surface area contributed by atoms with Gasteiger partial charge in [0.25, 0.3) is 0 Å². The zero-order valence-electron chi connectivity index (χ0n) is 13.2. The van der Waals surface area contributed by atoms with Crippen LogP contribution in [0.4, 0.5) is 5.69 Å². The first-order valence-electron chi connectivity index (χ1n) is 7.81. The molecule has 0 saturated heterocycles. The van der Waals surface area contributed by atoms with Gasteiger partial charge in [-0.3, -0.25) is 10.4 Å². The summed E-state index contributed by atoms with van der Waals surface area (Å²) in [6, 6.07) is 11.3. The lowest BCUT2D eigenvalue weighted by molar-refractivity contribution is 0.278. The van der Waals surface area contributed by atoms with Gasteiger partial charge in [-0.2, -0.15) is 0 Å². The number of fused-ring (bicyclic) bond motifs is 1. The molecular weight excluding hydrogens is 356 g/mol. The van der Waals surface area contributed by atoms with Gasteiger partial charge in [0, 0.05) is 17.4 Å². The third kappa shape index (κ3) is 3.70. The summed E-state index contributed by atoms with van der Waals surface area (Å²) in [4.78, 5) is 8.68. The minimum Gasteiger partial charge on any atom is -0.474 e. The van der Waals surface area contributed by atoms with E-state index in [9.17, 15) is 0 Å². The van der Waals surface area contributed by atoms with Crippen LogP contribution in [0.5, 0.6) is 0 Å². The molecule has 5 nitrogen and oxygen atoms in total. The molecule has 4 rings (SSSR count). The summed E-state index contributed by atoms with van der Waals surface area (Å²) in [5.41, 5.74) is 4.94. The molecule has 7 heteroatoms. The molecule has 0 aliphatic carbocycles. The number of pyridine rings is 1. The fourth-order valence-electron chi connectivity index (χ4n) is 2.60. The van der Waals surface area contributed by atoms with Crippen molar-refractivity contribution in [3.8, 4) is 0 Å². The number of hydrazone groups is 1. The highest BCUT2D eigenvalue weighted by molar-refractivity contribution is 8.03. The Morgan fingerprint density at radius 3 is 2.76 bits per heavy atom. The molecule has 126 valence electrons. The summed E-state index contributed by atoms with van der Waals surface area (Å²) in [5, 5.41) is 7.27. The van der Waals surface area contributed by atoms with Crippen LogP contribution in [-0.2, 0) is 11.3 Å². The van der Waals surface area contributed by atoms with Crippen molar-refractivity contribution in [2.75, 3.05) is 0 Å². The molecule has 3 heterocycles. The van der Waals surface area contributed by atoms with E-state index in [1.165, 1.54) is 0 Å². The maximum Gasteiger partial charge on any atom is 0.221 e. The molecule has 2 aromatic rings.